The standard InChI is InChI=1S/C28H27NO7/c1-17-11-26(30)36-23-14-21(9-10-22(17)23)35-16-18-5-7-20(8-6-18)28(31)29-15-19-12-24(32-2)27(34-4)25(13-19)33-3/h5-14H,15-16H2,1-4H3,(H,29,31). The van der Waals surface area contributed by atoms with Gasteiger partial charge in [-0.1, -0.05) is 12.1 Å². The highest BCUT2D eigenvalue weighted by Gasteiger charge is 2.14. The SMILES string of the molecule is COc1cc(CNC(=O)c2ccc(COc3ccc4c(C)cc(=O)oc4c3)cc2)cc(OC)c1OC. The third-order valence-electron chi connectivity index (χ3n) is 5.72. The van der Waals surface area contributed by atoms with Crippen molar-refractivity contribution in [2.75, 3.05) is 21.3 Å². The van der Waals surface area contributed by atoms with Crippen LogP contribution in [0.1, 0.15) is 27.0 Å². The van der Waals surface area contributed by atoms with E-state index in [1.165, 1.54) is 6.07 Å². The van der Waals surface area contributed by atoms with Gasteiger partial charge < -0.3 is 28.7 Å². The predicted octanol–water partition coefficient (Wildman–Crippen LogP) is 4.64. The summed E-state index contributed by atoms with van der Waals surface area (Å²) in [5.74, 6) is 1.92. The summed E-state index contributed by atoms with van der Waals surface area (Å²) < 4.78 is 27.2. The summed E-state index contributed by atoms with van der Waals surface area (Å²) in [6.07, 6.45) is 0. The molecule has 0 radical (unpaired) electrons. The summed E-state index contributed by atoms with van der Waals surface area (Å²) in [5, 5.41) is 3.77. The normalized spacial score (nSPS) is 10.7. The molecule has 0 bridgehead atoms. The van der Waals surface area contributed by atoms with Crippen molar-refractivity contribution in [3.8, 4) is 23.0 Å². The van der Waals surface area contributed by atoms with E-state index in [4.69, 9.17) is 23.4 Å². The van der Waals surface area contributed by atoms with Crippen LogP contribution in [0.2, 0.25) is 0 Å². The van der Waals surface area contributed by atoms with Crippen LogP contribution in [0.3, 0.4) is 0 Å². The van der Waals surface area contributed by atoms with E-state index in [-0.39, 0.29) is 12.5 Å². The summed E-state index contributed by atoms with van der Waals surface area (Å²) in [4.78, 5) is 24.3. The minimum atomic E-state index is -0.392. The van der Waals surface area contributed by atoms with Crippen LogP contribution in [0, 0.1) is 6.92 Å². The fourth-order valence-electron chi connectivity index (χ4n) is 3.84. The lowest BCUT2D eigenvalue weighted by atomic mass is 10.1. The highest BCUT2D eigenvalue weighted by atomic mass is 16.5. The summed E-state index contributed by atoms with van der Waals surface area (Å²) in [7, 11) is 4.63. The fraction of sp³-hybridized carbons (Fsp3) is 0.214. The van der Waals surface area contributed by atoms with Gasteiger partial charge in [-0.2, -0.15) is 0 Å². The second kappa shape index (κ2) is 10.9. The van der Waals surface area contributed by atoms with Gasteiger partial charge in [0.05, 0.1) is 21.3 Å². The molecule has 0 saturated heterocycles. The number of methoxy groups -OCH3 is 3. The summed E-state index contributed by atoms with van der Waals surface area (Å²) >= 11 is 0. The topological polar surface area (TPSA) is 96.2 Å². The molecule has 1 heterocycles. The number of aryl methyl sites for hydroxylation is 1. The zero-order valence-electron chi connectivity index (χ0n) is 20.5. The molecule has 1 aromatic heterocycles. The number of ether oxygens (including phenoxy) is 4. The van der Waals surface area contributed by atoms with Crippen molar-refractivity contribution in [2.45, 2.75) is 20.1 Å². The molecule has 8 nitrogen and oxygen atoms in total. The molecule has 0 aliphatic carbocycles. The molecule has 36 heavy (non-hydrogen) atoms. The van der Waals surface area contributed by atoms with Crippen molar-refractivity contribution in [1.29, 1.82) is 0 Å². The average molecular weight is 490 g/mol. The molecule has 0 fully saturated rings. The van der Waals surface area contributed by atoms with Crippen molar-refractivity contribution < 1.29 is 28.2 Å². The molecule has 0 aliphatic heterocycles. The maximum absolute atomic E-state index is 12.7. The van der Waals surface area contributed by atoms with Crippen molar-refractivity contribution in [3.63, 3.8) is 0 Å². The number of hydrogen-bond acceptors (Lipinski definition) is 7. The molecule has 8 heteroatoms. The molecule has 0 aliphatic rings. The Labute approximate surface area is 208 Å². The van der Waals surface area contributed by atoms with Crippen molar-refractivity contribution >= 4 is 16.9 Å². The zero-order valence-corrected chi connectivity index (χ0v) is 20.5. The lowest BCUT2D eigenvalue weighted by molar-refractivity contribution is 0.0950. The van der Waals surface area contributed by atoms with Crippen LogP contribution >= 0.6 is 0 Å². The van der Waals surface area contributed by atoms with Crippen LogP contribution in [0.25, 0.3) is 11.0 Å². The second-order valence-electron chi connectivity index (χ2n) is 8.11. The maximum Gasteiger partial charge on any atom is 0.336 e. The first-order valence-corrected chi connectivity index (χ1v) is 11.2. The van der Waals surface area contributed by atoms with Crippen LogP contribution in [-0.4, -0.2) is 27.2 Å². The van der Waals surface area contributed by atoms with Crippen LogP contribution in [-0.2, 0) is 13.2 Å². The number of hydrogen-bond donors (Lipinski definition) is 1. The number of carbonyl (C=O) groups excluding carboxylic acids is 1. The number of benzene rings is 3. The minimum absolute atomic E-state index is 0.212. The number of fused-ring (bicyclic) bond motifs is 1. The zero-order chi connectivity index (χ0) is 25.7. The summed E-state index contributed by atoms with van der Waals surface area (Å²) in [6, 6.07) is 17.6. The van der Waals surface area contributed by atoms with Gasteiger partial charge in [-0.15, -0.1) is 0 Å². The quantitative estimate of drug-likeness (QED) is 0.342. The van der Waals surface area contributed by atoms with Crippen LogP contribution in [0.15, 0.2) is 69.9 Å². The monoisotopic (exact) mass is 489 g/mol. The molecular weight excluding hydrogens is 462 g/mol. The Bertz CT molecular complexity index is 1420. The van der Waals surface area contributed by atoms with Crippen molar-refractivity contribution in [3.05, 3.63) is 93.3 Å². The highest BCUT2D eigenvalue weighted by Crippen LogP contribution is 2.38. The summed E-state index contributed by atoms with van der Waals surface area (Å²) in [6.45, 7) is 2.45. The van der Waals surface area contributed by atoms with Gasteiger partial charge in [-0.05, 0) is 60.0 Å². The number of rotatable bonds is 9. The molecular formula is C28H27NO7. The van der Waals surface area contributed by atoms with E-state index in [1.54, 1.807) is 51.7 Å². The lowest BCUT2D eigenvalue weighted by Gasteiger charge is -2.14. The van der Waals surface area contributed by atoms with Gasteiger partial charge in [0.15, 0.2) is 11.5 Å². The van der Waals surface area contributed by atoms with E-state index < -0.39 is 5.63 Å². The van der Waals surface area contributed by atoms with E-state index in [0.717, 1.165) is 22.1 Å². The second-order valence-corrected chi connectivity index (χ2v) is 8.11. The van der Waals surface area contributed by atoms with Crippen molar-refractivity contribution in [1.82, 2.24) is 5.32 Å². The molecule has 0 spiro atoms. The average Bonchev–Trinajstić information content (AvgIpc) is 2.89. The first-order chi connectivity index (χ1) is 17.4. The van der Waals surface area contributed by atoms with Gasteiger partial charge in [0, 0.05) is 29.6 Å². The van der Waals surface area contributed by atoms with E-state index in [2.05, 4.69) is 5.32 Å². The molecule has 1 N–H and O–H groups in total. The highest BCUT2D eigenvalue weighted by molar-refractivity contribution is 5.94. The molecule has 4 rings (SSSR count). The Balaban J connectivity index is 1.37. The third-order valence-corrected chi connectivity index (χ3v) is 5.72. The third kappa shape index (κ3) is 5.43. The molecule has 0 atom stereocenters. The first-order valence-electron chi connectivity index (χ1n) is 11.2. The first kappa shape index (κ1) is 24.7. The lowest BCUT2D eigenvalue weighted by Crippen LogP contribution is -2.22. The maximum atomic E-state index is 12.7. The molecule has 186 valence electrons. The Morgan fingerprint density at radius 2 is 1.56 bits per heavy atom. The molecule has 0 saturated carbocycles. The molecule has 0 unspecified atom stereocenters. The van der Waals surface area contributed by atoms with Gasteiger partial charge in [0.2, 0.25) is 5.75 Å². The van der Waals surface area contributed by atoms with Crippen LogP contribution < -0.4 is 29.9 Å². The molecule has 4 aromatic rings. The largest absolute Gasteiger partial charge is 0.493 e. The molecule has 3 aromatic carbocycles. The van der Waals surface area contributed by atoms with Gasteiger partial charge in [0.25, 0.3) is 5.91 Å². The number of nitrogens with one attached hydrogen (secondary N) is 1. The van der Waals surface area contributed by atoms with E-state index in [1.807, 2.05) is 31.2 Å². The van der Waals surface area contributed by atoms with E-state index >= 15 is 0 Å². The Kier molecular flexibility index (Phi) is 7.44. The fourth-order valence-corrected chi connectivity index (χ4v) is 3.84. The molecule has 1 amide bonds. The predicted molar refractivity (Wildman–Crippen MR) is 135 cm³/mol. The summed E-state index contributed by atoms with van der Waals surface area (Å²) in [5.41, 5.74) is 3.17. The smallest absolute Gasteiger partial charge is 0.336 e. The van der Waals surface area contributed by atoms with Gasteiger partial charge in [-0.3, -0.25) is 4.79 Å². The van der Waals surface area contributed by atoms with Crippen molar-refractivity contribution in [2.24, 2.45) is 0 Å². The van der Waals surface area contributed by atoms with Crippen LogP contribution in [0.4, 0.5) is 0 Å². The Morgan fingerprint density at radius 3 is 2.19 bits per heavy atom. The van der Waals surface area contributed by atoms with E-state index in [0.29, 0.717) is 40.8 Å². The number of carbonyl (C=O) groups is 1. The Hall–Kier alpha value is -4.46. The van der Waals surface area contributed by atoms with Crippen LogP contribution in [0.5, 0.6) is 23.0 Å². The minimum Gasteiger partial charge on any atom is -0.493 e. The van der Waals surface area contributed by atoms with Gasteiger partial charge >= 0.3 is 5.63 Å². The van der Waals surface area contributed by atoms with E-state index in [9.17, 15) is 9.59 Å². The van der Waals surface area contributed by atoms with Gasteiger partial charge in [0.1, 0.15) is 17.9 Å². The number of amides is 1. The Morgan fingerprint density at radius 1 is 0.861 bits per heavy atom. The van der Waals surface area contributed by atoms with Gasteiger partial charge in [-0.25, -0.2) is 4.79 Å².